The number of hydrogen-bond donors (Lipinski definition) is 1. The number of fused-ring (bicyclic) bond motifs is 2. The van der Waals surface area contributed by atoms with Crippen LogP contribution >= 0.6 is 11.3 Å². The predicted molar refractivity (Wildman–Crippen MR) is 120 cm³/mol. The Bertz CT molecular complexity index is 1300. The lowest BCUT2D eigenvalue weighted by molar-refractivity contribution is 0.0764. The Kier molecular flexibility index (Phi) is 4.94. The van der Waals surface area contributed by atoms with Gasteiger partial charge in [0, 0.05) is 34.4 Å². The summed E-state index contributed by atoms with van der Waals surface area (Å²) in [6.45, 7) is 2.88. The van der Waals surface area contributed by atoms with Crippen LogP contribution in [0.3, 0.4) is 0 Å². The van der Waals surface area contributed by atoms with Gasteiger partial charge in [0.15, 0.2) is 5.75 Å². The molecule has 0 saturated carbocycles. The van der Waals surface area contributed by atoms with Crippen molar-refractivity contribution < 1.29 is 14.3 Å². The number of pyridine rings is 1. The van der Waals surface area contributed by atoms with Gasteiger partial charge in [-0.15, -0.1) is 11.3 Å². The number of carbonyl (C=O) groups is 1. The summed E-state index contributed by atoms with van der Waals surface area (Å²) >= 11 is 1.78. The van der Waals surface area contributed by atoms with Gasteiger partial charge in [0.1, 0.15) is 11.3 Å². The zero-order chi connectivity index (χ0) is 21.5. The molecule has 156 valence electrons. The fraction of sp³-hybridized carbons (Fsp3) is 0.200. The summed E-state index contributed by atoms with van der Waals surface area (Å²) < 4.78 is 13.3. The minimum atomic E-state index is -0.305. The second-order valence-electron chi connectivity index (χ2n) is 7.88. The van der Waals surface area contributed by atoms with Gasteiger partial charge in [-0.2, -0.15) is 0 Å². The molecule has 1 aliphatic rings. The monoisotopic (exact) mass is 432 g/mol. The summed E-state index contributed by atoms with van der Waals surface area (Å²) in [6, 6.07) is 14.2. The van der Waals surface area contributed by atoms with Crippen molar-refractivity contribution in [1.82, 2.24) is 9.88 Å². The van der Waals surface area contributed by atoms with Gasteiger partial charge in [0.2, 0.25) is 0 Å². The van der Waals surface area contributed by atoms with Crippen LogP contribution in [-0.4, -0.2) is 20.9 Å². The Labute approximate surface area is 183 Å². The van der Waals surface area contributed by atoms with Gasteiger partial charge in [-0.1, -0.05) is 18.2 Å². The Hall–Kier alpha value is -3.25. The van der Waals surface area contributed by atoms with E-state index < -0.39 is 0 Å². The number of benzene rings is 2. The lowest BCUT2D eigenvalue weighted by atomic mass is 9.93. The number of aromatic nitrogens is 1. The van der Waals surface area contributed by atoms with E-state index in [0.29, 0.717) is 24.2 Å². The van der Waals surface area contributed by atoms with Crippen LogP contribution in [-0.2, 0) is 25.9 Å². The maximum Gasteiger partial charge on any atom is 0.258 e. The van der Waals surface area contributed by atoms with Gasteiger partial charge in [-0.3, -0.25) is 9.78 Å². The quantitative estimate of drug-likeness (QED) is 0.460. The molecule has 2 aromatic heterocycles. The van der Waals surface area contributed by atoms with Crippen LogP contribution in [0.15, 0.2) is 54.7 Å². The normalized spacial score (nSPS) is 13.2. The molecule has 0 aliphatic carbocycles. The van der Waals surface area contributed by atoms with Crippen molar-refractivity contribution in [3.05, 3.63) is 92.6 Å². The van der Waals surface area contributed by atoms with E-state index in [1.165, 1.54) is 21.9 Å². The largest absolute Gasteiger partial charge is 0.505 e. The van der Waals surface area contributed by atoms with E-state index in [4.69, 9.17) is 0 Å². The highest BCUT2D eigenvalue weighted by molar-refractivity contribution is 7.11. The van der Waals surface area contributed by atoms with Gasteiger partial charge in [0.05, 0.1) is 5.56 Å². The molecule has 0 saturated heterocycles. The van der Waals surface area contributed by atoms with Crippen LogP contribution < -0.4 is 0 Å². The van der Waals surface area contributed by atoms with Gasteiger partial charge in [0.25, 0.3) is 5.91 Å². The SMILES string of the molecule is Cc1ccc(CCc2c3c(c(O)c4ncccc24)C(=O)N(Cc2ccc(F)cc2)C3)s1. The highest BCUT2D eigenvalue weighted by Crippen LogP contribution is 2.40. The highest BCUT2D eigenvalue weighted by atomic mass is 32.1. The number of hydrogen-bond acceptors (Lipinski definition) is 4. The zero-order valence-corrected chi connectivity index (χ0v) is 17.9. The van der Waals surface area contributed by atoms with E-state index in [0.717, 1.165) is 34.9 Å². The minimum absolute atomic E-state index is 0.0482. The number of carbonyl (C=O) groups excluding carboxylic acids is 1. The first-order chi connectivity index (χ1) is 15.0. The zero-order valence-electron chi connectivity index (χ0n) is 17.1. The number of aromatic hydroxyl groups is 1. The number of halogens is 1. The maximum absolute atomic E-state index is 13.3. The molecule has 1 N–H and O–H groups in total. The number of aryl methyl sites for hydroxylation is 3. The van der Waals surface area contributed by atoms with Crippen molar-refractivity contribution in [2.24, 2.45) is 0 Å². The third-order valence-corrected chi connectivity index (χ3v) is 6.87. The molecule has 1 aliphatic heterocycles. The van der Waals surface area contributed by atoms with E-state index in [2.05, 4.69) is 24.0 Å². The number of nitrogens with zero attached hydrogens (tertiary/aromatic N) is 2. The first kappa shape index (κ1) is 19.7. The molecule has 6 heteroatoms. The number of phenolic OH excluding ortho intramolecular Hbond substituents is 1. The van der Waals surface area contributed by atoms with Crippen molar-refractivity contribution in [2.75, 3.05) is 0 Å². The molecule has 2 aromatic carbocycles. The number of rotatable bonds is 5. The fourth-order valence-corrected chi connectivity index (χ4v) is 5.22. The summed E-state index contributed by atoms with van der Waals surface area (Å²) in [4.78, 5) is 21.9. The topological polar surface area (TPSA) is 53.4 Å². The summed E-state index contributed by atoms with van der Waals surface area (Å²) in [5, 5.41) is 11.8. The molecule has 0 unspecified atom stereocenters. The van der Waals surface area contributed by atoms with Crippen molar-refractivity contribution in [3.63, 3.8) is 0 Å². The van der Waals surface area contributed by atoms with Gasteiger partial charge >= 0.3 is 0 Å². The third kappa shape index (κ3) is 3.57. The van der Waals surface area contributed by atoms with E-state index >= 15 is 0 Å². The molecule has 0 bridgehead atoms. The van der Waals surface area contributed by atoms with Crippen LogP contribution in [0.2, 0.25) is 0 Å². The molecule has 1 amide bonds. The second kappa shape index (κ2) is 7.78. The van der Waals surface area contributed by atoms with Crippen molar-refractivity contribution in [1.29, 1.82) is 0 Å². The molecule has 4 aromatic rings. The summed E-state index contributed by atoms with van der Waals surface area (Å²) in [6.07, 6.45) is 3.27. The molecular weight excluding hydrogens is 411 g/mol. The van der Waals surface area contributed by atoms with Crippen molar-refractivity contribution in [2.45, 2.75) is 32.9 Å². The fourth-order valence-electron chi connectivity index (χ4n) is 4.33. The molecule has 0 fully saturated rings. The average molecular weight is 433 g/mol. The molecule has 0 atom stereocenters. The van der Waals surface area contributed by atoms with E-state index in [-0.39, 0.29) is 17.5 Å². The van der Waals surface area contributed by atoms with Crippen molar-refractivity contribution >= 4 is 28.1 Å². The predicted octanol–water partition coefficient (Wildman–Crippen LogP) is 5.39. The molecule has 31 heavy (non-hydrogen) atoms. The maximum atomic E-state index is 13.3. The lowest BCUT2D eigenvalue weighted by Gasteiger charge is -2.16. The smallest absolute Gasteiger partial charge is 0.258 e. The van der Waals surface area contributed by atoms with Crippen LogP contribution in [0.25, 0.3) is 10.9 Å². The molecular formula is C25H21FN2O2S. The molecule has 0 radical (unpaired) electrons. The Morgan fingerprint density at radius 1 is 1.13 bits per heavy atom. The van der Waals surface area contributed by atoms with Gasteiger partial charge in [-0.05, 0) is 66.8 Å². The van der Waals surface area contributed by atoms with E-state index in [9.17, 15) is 14.3 Å². The summed E-state index contributed by atoms with van der Waals surface area (Å²) in [5.74, 6) is -0.564. The van der Waals surface area contributed by atoms with Crippen LogP contribution in [0.1, 0.15) is 36.8 Å². The number of phenols is 1. The molecule has 4 nitrogen and oxygen atoms in total. The Balaban J connectivity index is 1.54. The summed E-state index contributed by atoms with van der Waals surface area (Å²) in [7, 11) is 0. The van der Waals surface area contributed by atoms with Crippen LogP contribution in [0.4, 0.5) is 4.39 Å². The van der Waals surface area contributed by atoms with Crippen LogP contribution in [0, 0.1) is 12.7 Å². The molecule has 0 spiro atoms. The third-order valence-electron chi connectivity index (χ3n) is 5.81. The average Bonchev–Trinajstić information content (AvgIpc) is 3.33. The Morgan fingerprint density at radius 2 is 1.94 bits per heavy atom. The summed E-state index contributed by atoms with van der Waals surface area (Å²) in [5.41, 5.74) is 3.61. The first-order valence-corrected chi connectivity index (χ1v) is 11.0. The lowest BCUT2D eigenvalue weighted by Crippen LogP contribution is -2.23. The van der Waals surface area contributed by atoms with Gasteiger partial charge < -0.3 is 10.0 Å². The van der Waals surface area contributed by atoms with E-state index in [1.807, 2.05) is 12.1 Å². The van der Waals surface area contributed by atoms with Crippen molar-refractivity contribution in [3.8, 4) is 5.75 Å². The first-order valence-electron chi connectivity index (χ1n) is 10.2. The number of thiophene rings is 1. The molecule has 5 rings (SSSR count). The minimum Gasteiger partial charge on any atom is -0.505 e. The van der Waals surface area contributed by atoms with E-state index in [1.54, 1.807) is 34.6 Å². The Morgan fingerprint density at radius 3 is 2.68 bits per heavy atom. The second-order valence-corrected chi connectivity index (χ2v) is 9.25. The van der Waals surface area contributed by atoms with Gasteiger partial charge in [-0.25, -0.2) is 4.39 Å². The standard InChI is InChI=1S/C25H21FN2O2S/c1-15-4-9-18(31-15)10-11-19-20-3-2-12-27-23(20)24(29)22-21(19)14-28(25(22)30)13-16-5-7-17(26)8-6-16/h2-9,12,29H,10-11,13-14H2,1H3. The highest BCUT2D eigenvalue weighted by Gasteiger charge is 2.34. The van der Waals surface area contributed by atoms with Crippen LogP contribution in [0.5, 0.6) is 5.75 Å². The molecule has 3 heterocycles. The number of amides is 1.